The summed E-state index contributed by atoms with van der Waals surface area (Å²) in [6, 6.07) is 0. The summed E-state index contributed by atoms with van der Waals surface area (Å²) in [7, 11) is -4.20. The summed E-state index contributed by atoms with van der Waals surface area (Å²) >= 11 is 0. The van der Waals surface area contributed by atoms with Gasteiger partial charge in [0.05, 0.1) is 6.61 Å². The van der Waals surface area contributed by atoms with Gasteiger partial charge in [-0.25, -0.2) is 9.44 Å². The molecule has 0 rings (SSSR count). The topological polar surface area (TPSA) is 72.8 Å². The second-order valence-corrected chi connectivity index (χ2v) is 2.26. The zero-order valence-corrected chi connectivity index (χ0v) is 5.30. The molecule has 0 aliphatic carbocycles. The van der Waals surface area contributed by atoms with Crippen LogP contribution >= 0.6 is 0 Å². The van der Waals surface area contributed by atoms with Crippen LogP contribution < -0.4 is 0 Å². The first-order valence-electron chi connectivity index (χ1n) is 1.95. The number of hydrogen-bond acceptors (Lipinski definition) is 5. The van der Waals surface area contributed by atoms with Crippen LogP contribution in [0.5, 0.6) is 0 Å². The van der Waals surface area contributed by atoms with Crippen LogP contribution in [0.25, 0.3) is 0 Å². The first kappa shape index (κ1) is 13.2. The molecule has 7 heteroatoms. The van der Waals surface area contributed by atoms with Gasteiger partial charge in [-0.3, -0.25) is 0 Å². The Morgan fingerprint density at radius 2 is 2.10 bits per heavy atom. The average molecular weight is 178 g/mol. The number of rotatable bonds is 4. The molecule has 0 aromatic rings. The molecular formula is C3H7NaO5S. The van der Waals surface area contributed by atoms with Crippen molar-refractivity contribution in [3.8, 4) is 0 Å². The van der Waals surface area contributed by atoms with Gasteiger partial charge in [0.15, 0.2) is 0 Å². The third-order valence-corrected chi connectivity index (χ3v) is 1.03. The van der Waals surface area contributed by atoms with E-state index in [1.807, 2.05) is 0 Å². The van der Waals surface area contributed by atoms with E-state index in [0.717, 1.165) is 0 Å². The summed E-state index contributed by atoms with van der Waals surface area (Å²) in [5.41, 5.74) is 0. The molecule has 1 N–H and O–H groups in total. The molecule has 0 bridgehead atoms. The predicted molar refractivity (Wildman–Crippen MR) is 35.9 cm³/mol. The fourth-order valence-electron chi connectivity index (χ4n) is 0.153. The van der Waals surface area contributed by atoms with E-state index in [2.05, 4.69) is 15.1 Å². The fraction of sp³-hybridized carbons (Fsp3) is 0.333. The van der Waals surface area contributed by atoms with Crippen LogP contribution in [0.1, 0.15) is 0 Å². The van der Waals surface area contributed by atoms with Gasteiger partial charge >= 0.3 is 40.0 Å². The molecule has 0 saturated carbocycles. The number of hydrogen-bond donors (Lipinski definition) is 1. The minimum atomic E-state index is -4.20. The van der Waals surface area contributed by atoms with Gasteiger partial charge in [0.25, 0.3) is 0 Å². The summed E-state index contributed by atoms with van der Waals surface area (Å²) in [6.07, 6.45) is 1.20. The zero-order valence-electron chi connectivity index (χ0n) is 4.48. The molecule has 0 radical (unpaired) electrons. The molecule has 0 saturated heterocycles. The van der Waals surface area contributed by atoms with Crippen molar-refractivity contribution >= 4 is 40.0 Å². The Bertz CT molecular complexity index is 173. The standard InChI is InChI=1S/C3H6O5S.Na.H/c1-2-3-7-9(5,6)8-4;;/h2,4H,1,3H2;;. The third kappa shape index (κ3) is 6.69. The molecule has 5 nitrogen and oxygen atoms in total. The molecule has 0 fully saturated rings. The van der Waals surface area contributed by atoms with Gasteiger partial charge in [0.2, 0.25) is 0 Å². The predicted octanol–water partition coefficient (Wildman–Crippen LogP) is -0.725. The van der Waals surface area contributed by atoms with E-state index in [4.69, 9.17) is 5.26 Å². The van der Waals surface area contributed by atoms with Gasteiger partial charge in [0, 0.05) is 0 Å². The second-order valence-electron chi connectivity index (χ2n) is 1.06. The SMILES string of the molecule is C=CCOS(=O)(=O)OO.[NaH]. The second kappa shape index (κ2) is 6.29. The molecule has 0 spiro atoms. The van der Waals surface area contributed by atoms with Crippen LogP contribution in [0.2, 0.25) is 0 Å². The van der Waals surface area contributed by atoms with Gasteiger partial charge in [0.1, 0.15) is 0 Å². The Morgan fingerprint density at radius 1 is 1.60 bits per heavy atom. The Kier molecular flexibility index (Phi) is 8.29. The minimum absolute atomic E-state index is 0. The molecular weight excluding hydrogens is 171 g/mol. The van der Waals surface area contributed by atoms with Crippen molar-refractivity contribution in [3.05, 3.63) is 12.7 Å². The Balaban J connectivity index is 0. The molecule has 10 heavy (non-hydrogen) atoms. The van der Waals surface area contributed by atoms with Crippen molar-refractivity contribution < 1.29 is 22.2 Å². The van der Waals surface area contributed by atoms with Crippen LogP contribution in [0.3, 0.4) is 0 Å². The molecule has 0 atom stereocenters. The maximum atomic E-state index is 10.0. The Hall–Kier alpha value is 0.570. The van der Waals surface area contributed by atoms with E-state index >= 15 is 0 Å². The Morgan fingerprint density at radius 3 is 2.40 bits per heavy atom. The van der Waals surface area contributed by atoms with Crippen LogP contribution in [-0.4, -0.2) is 49.8 Å². The first-order chi connectivity index (χ1) is 4.12. The van der Waals surface area contributed by atoms with E-state index in [1.54, 1.807) is 0 Å². The van der Waals surface area contributed by atoms with Crippen molar-refractivity contribution in [1.82, 2.24) is 0 Å². The molecule has 56 valence electrons. The summed E-state index contributed by atoms with van der Waals surface area (Å²) in [4.78, 5) is 0. The quantitative estimate of drug-likeness (QED) is 0.266. The van der Waals surface area contributed by atoms with Crippen LogP contribution in [0, 0.1) is 0 Å². The van der Waals surface area contributed by atoms with Crippen molar-refractivity contribution in [2.75, 3.05) is 6.61 Å². The zero-order chi connectivity index (χ0) is 7.33. The van der Waals surface area contributed by atoms with E-state index < -0.39 is 10.4 Å². The van der Waals surface area contributed by atoms with Gasteiger partial charge in [-0.15, -0.1) is 6.58 Å². The van der Waals surface area contributed by atoms with Gasteiger partial charge in [-0.1, -0.05) is 10.4 Å². The summed E-state index contributed by atoms with van der Waals surface area (Å²) in [5, 5.41) is 7.57. The summed E-state index contributed by atoms with van der Waals surface area (Å²) in [5.74, 6) is 0. The fourth-order valence-corrected chi connectivity index (χ4v) is 0.459. The molecule has 0 amide bonds. The van der Waals surface area contributed by atoms with Crippen molar-refractivity contribution in [3.63, 3.8) is 0 Å². The van der Waals surface area contributed by atoms with Gasteiger partial charge in [-0.2, -0.15) is 8.42 Å². The molecule has 0 aliphatic heterocycles. The van der Waals surface area contributed by atoms with E-state index in [-0.39, 0.29) is 36.2 Å². The third-order valence-electron chi connectivity index (χ3n) is 0.422. The van der Waals surface area contributed by atoms with Crippen molar-refractivity contribution in [2.24, 2.45) is 0 Å². The van der Waals surface area contributed by atoms with E-state index in [1.165, 1.54) is 6.08 Å². The van der Waals surface area contributed by atoms with Crippen LogP contribution in [-0.2, 0) is 18.9 Å². The van der Waals surface area contributed by atoms with Crippen LogP contribution in [0.4, 0.5) is 0 Å². The Labute approximate surface area is 81.2 Å². The summed E-state index contributed by atoms with van der Waals surface area (Å²) < 4.78 is 26.9. The van der Waals surface area contributed by atoms with E-state index in [9.17, 15) is 8.42 Å². The summed E-state index contributed by atoms with van der Waals surface area (Å²) in [6.45, 7) is 2.95. The molecule has 0 aromatic carbocycles. The van der Waals surface area contributed by atoms with Crippen molar-refractivity contribution in [1.29, 1.82) is 0 Å². The first-order valence-corrected chi connectivity index (χ1v) is 3.29. The molecule has 0 aromatic heterocycles. The average Bonchev–Trinajstić information content (AvgIpc) is 1.84. The molecule has 0 heterocycles. The monoisotopic (exact) mass is 178 g/mol. The van der Waals surface area contributed by atoms with Gasteiger partial charge < -0.3 is 0 Å². The molecule has 0 aliphatic rings. The molecule has 0 unspecified atom stereocenters. The van der Waals surface area contributed by atoms with Gasteiger partial charge in [-0.05, 0) is 0 Å². The van der Waals surface area contributed by atoms with Crippen LogP contribution in [0.15, 0.2) is 12.7 Å². The van der Waals surface area contributed by atoms with E-state index in [0.29, 0.717) is 0 Å². The maximum absolute atomic E-state index is 10.0. The van der Waals surface area contributed by atoms with Crippen molar-refractivity contribution in [2.45, 2.75) is 0 Å². The normalized spacial score (nSPS) is 10.1.